The Bertz CT molecular complexity index is 1130. The van der Waals surface area contributed by atoms with Crippen molar-refractivity contribution in [3.8, 4) is 0 Å². The molecule has 3 fully saturated rings. The summed E-state index contributed by atoms with van der Waals surface area (Å²) in [6.07, 6.45) is -13.5. The second-order valence-corrected chi connectivity index (χ2v) is 10.1. The number of hydrogen-bond donors (Lipinski definition) is 1. The Morgan fingerprint density at radius 3 is 2.02 bits per heavy atom. The van der Waals surface area contributed by atoms with Gasteiger partial charge in [0.1, 0.15) is 37.1 Å². The molecule has 1 unspecified atom stereocenters. The molecule has 4 rings (SSSR count). The fraction of sp³-hybridized carbons (Fsp3) is 0.643. The minimum Gasteiger partial charge on any atom is -0.463 e. The Morgan fingerprint density at radius 2 is 1.42 bits per heavy atom. The van der Waals surface area contributed by atoms with Crippen LogP contribution in [0.15, 0.2) is 30.3 Å². The lowest BCUT2D eigenvalue weighted by molar-refractivity contribution is -0.391. The number of rotatable bonds is 9. The monoisotopic (exact) mass is 612 g/mol. The summed E-state index contributed by atoms with van der Waals surface area (Å²) >= 11 is 0. The summed E-state index contributed by atoms with van der Waals surface area (Å²) in [6, 6.07) is 9.10. The zero-order valence-corrected chi connectivity index (χ0v) is 24.3. The summed E-state index contributed by atoms with van der Waals surface area (Å²) in [5.74, 6) is -3.04. The van der Waals surface area contributed by atoms with Crippen LogP contribution < -0.4 is 0 Å². The van der Waals surface area contributed by atoms with Gasteiger partial charge in [-0.1, -0.05) is 30.3 Å². The smallest absolute Gasteiger partial charge is 0.303 e. The summed E-state index contributed by atoms with van der Waals surface area (Å²) < 4.78 is 56.9. The van der Waals surface area contributed by atoms with Gasteiger partial charge < -0.3 is 52.5 Å². The first-order valence-electron chi connectivity index (χ1n) is 13.6. The molecular weight excluding hydrogens is 576 g/mol. The van der Waals surface area contributed by atoms with E-state index in [4.69, 9.17) is 47.4 Å². The molecule has 0 radical (unpaired) electrons. The van der Waals surface area contributed by atoms with Crippen LogP contribution in [0.2, 0.25) is 0 Å². The van der Waals surface area contributed by atoms with Crippen LogP contribution in [0.5, 0.6) is 0 Å². The van der Waals surface area contributed by atoms with E-state index in [1.165, 1.54) is 7.11 Å². The molecule has 1 N–H and O–H groups in total. The van der Waals surface area contributed by atoms with Gasteiger partial charge in [-0.25, -0.2) is 0 Å². The van der Waals surface area contributed by atoms with E-state index in [1.54, 1.807) is 0 Å². The molecule has 3 aliphatic rings. The highest BCUT2D eigenvalue weighted by Crippen LogP contribution is 2.37. The van der Waals surface area contributed by atoms with Crippen LogP contribution in [-0.2, 0) is 66.5 Å². The highest BCUT2D eigenvalue weighted by atomic mass is 16.8. The minimum atomic E-state index is -1.57. The van der Waals surface area contributed by atoms with Gasteiger partial charge in [-0.2, -0.15) is 0 Å². The zero-order chi connectivity index (χ0) is 31.3. The molecular formula is C28H36O15. The molecule has 238 valence electrons. The predicted molar refractivity (Wildman–Crippen MR) is 139 cm³/mol. The number of benzene rings is 1. The molecule has 15 heteroatoms. The van der Waals surface area contributed by atoms with Crippen molar-refractivity contribution in [2.24, 2.45) is 0 Å². The third-order valence-electron chi connectivity index (χ3n) is 6.85. The Balaban J connectivity index is 1.64. The first-order chi connectivity index (χ1) is 20.5. The molecule has 15 nitrogen and oxygen atoms in total. The van der Waals surface area contributed by atoms with Gasteiger partial charge in [-0.3, -0.25) is 19.2 Å². The lowest BCUT2D eigenvalue weighted by Gasteiger charge is -2.49. The first-order valence-corrected chi connectivity index (χ1v) is 13.6. The van der Waals surface area contributed by atoms with Crippen LogP contribution in [0.1, 0.15) is 39.5 Å². The standard InChI is InChI=1S/C28H36O15/c1-13(29)35-11-19-22(37-14(2)30)24(38-15(3)31)25(39-16(4)32)28(41-19)43-23-20(33)21-18(40-27(23)34-5)12-36-26(42-21)17-9-7-6-8-10-17/h6-10,18-28,33H,11-12H2,1-5H3/t18-,19-,20+,21+,22+,23-,24+,25-,26?,27+,28-/m1/s1. The summed E-state index contributed by atoms with van der Waals surface area (Å²) in [5, 5.41) is 11.5. The van der Waals surface area contributed by atoms with Crippen molar-refractivity contribution in [3.05, 3.63) is 35.9 Å². The lowest BCUT2D eigenvalue weighted by Crippen LogP contribution is -2.67. The van der Waals surface area contributed by atoms with E-state index in [0.29, 0.717) is 0 Å². The largest absolute Gasteiger partial charge is 0.463 e. The number of methoxy groups -OCH3 is 1. The molecule has 43 heavy (non-hydrogen) atoms. The predicted octanol–water partition coefficient (Wildman–Crippen LogP) is 0.301. The quantitative estimate of drug-likeness (QED) is 0.297. The van der Waals surface area contributed by atoms with Crippen molar-refractivity contribution >= 4 is 23.9 Å². The highest BCUT2D eigenvalue weighted by molar-refractivity contribution is 5.68. The Kier molecular flexibility index (Phi) is 11.1. The minimum absolute atomic E-state index is 0.0763. The summed E-state index contributed by atoms with van der Waals surface area (Å²) in [4.78, 5) is 47.9. The molecule has 3 aliphatic heterocycles. The molecule has 0 spiro atoms. The number of hydrogen-bond acceptors (Lipinski definition) is 15. The fourth-order valence-electron chi connectivity index (χ4n) is 5.13. The Labute approximate surface area is 247 Å². The van der Waals surface area contributed by atoms with Crippen molar-refractivity contribution in [2.75, 3.05) is 20.3 Å². The van der Waals surface area contributed by atoms with Gasteiger partial charge in [0.25, 0.3) is 0 Å². The van der Waals surface area contributed by atoms with E-state index < -0.39 is 98.2 Å². The van der Waals surface area contributed by atoms with Gasteiger partial charge in [0.05, 0.1) is 6.61 Å². The van der Waals surface area contributed by atoms with Gasteiger partial charge in [-0.15, -0.1) is 0 Å². The number of fused-ring (bicyclic) bond motifs is 1. The van der Waals surface area contributed by atoms with Crippen molar-refractivity contribution in [3.63, 3.8) is 0 Å². The van der Waals surface area contributed by atoms with Crippen LogP contribution in [-0.4, -0.2) is 111 Å². The number of esters is 4. The molecule has 0 amide bonds. The zero-order valence-electron chi connectivity index (χ0n) is 24.3. The molecule has 0 bridgehead atoms. The van der Waals surface area contributed by atoms with E-state index in [0.717, 1.165) is 33.3 Å². The molecule has 3 heterocycles. The van der Waals surface area contributed by atoms with E-state index in [1.807, 2.05) is 30.3 Å². The maximum Gasteiger partial charge on any atom is 0.303 e. The van der Waals surface area contributed by atoms with E-state index in [9.17, 15) is 24.3 Å². The van der Waals surface area contributed by atoms with Gasteiger partial charge in [-0.05, 0) is 0 Å². The number of carbonyl (C=O) groups excluding carboxylic acids is 4. The van der Waals surface area contributed by atoms with Crippen LogP contribution in [0.3, 0.4) is 0 Å². The molecule has 1 aromatic rings. The molecule has 0 saturated carbocycles. The van der Waals surface area contributed by atoms with Crippen LogP contribution in [0.25, 0.3) is 0 Å². The maximum atomic E-state index is 12.2. The second-order valence-electron chi connectivity index (χ2n) is 10.1. The van der Waals surface area contributed by atoms with E-state index >= 15 is 0 Å². The van der Waals surface area contributed by atoms with Crippen molar-refractivity contribution < 1.29 is 71.7 Å². The average Bonchev–Trinajstić information content (AvgIpc) is 2.95. The van der Waals surface area contributed by atoms with Crippen molar-refractivity contribution in [1.82, 2.24) is 0 Å². The number of aliphatic hydroxyl groups excluding tert-OH is 1. The highest BCUT2D eigenvalue weighted by Gasteiger charge is 2.56. The van der Waals surface area contributed by atoms with Crippen LogP contribution in [0, 0.1) is 0 Å². The summed E-state index contributed by atoms with van der Waals surface area (Å²) in [5.41, 5.74) is 0.721. The first kappa shape index (κ1) is 32.7. The fourth-order valence-corrected chi connectivity index (χ4v) is 5.13. The average molecular weight is 613 g/mol. The van der Waals surface area contributed by atoms with Crippen LogP contribution >= 0.6 is 0 Å². The summed E-state index contributed by atoms with van der Waals surface area (Å²) in [6.45, 7) is 4.12. The molecule has 1 aromatic carbocycles. The van der Waals surface area contributed by atoms with Gasteiger partial charge in [0.15, 0.2) is 37.2 Å². The van der Waals surface area contributed by atoms with Gasteiger partial charge in [0.2, 0.25) is 0 Å². The number of aliphatic hydroxyl groups is 1. The molecule has 0 aromatic heterocycles. The lowest BCUT2D eigenvalue weighted by atomic mass is 9.96. The number of ether oxygens (including phenoxy) is 10. The number of carbonyl (C=O) groups is 4. The third kappa shape index (κ3) is 8.06. The Hall–Kier alpha value is -3.18. The van der Waals surface area contributed by atoms with E-state index in [2.05, 4.69) is 0 Å². The maximum absolute atomic E-state index is 12.2. The topological polar surface area (TPSA) is 181 Å². The second kappa shape index (κ2) is 14.5. The van der Waals surface area contributed by atoms with E-state index in [-0.39, 0.29) is 6.61 Å². The Morgan fingerprint density at radius 1 is 0.791 bits per heavy atom. The SMILES string of the molecule is CO[C@H]1O[C@@H]2COC(c3ccccc3)O[C@@H]2[C@H](O)[C@H]1O[C@H]1O[C@H](COC(C)=O)[C@H](OC(C)=O)[C@H](OC(C)=O)[C@H]1OC(C)=O. The van der Waals surface area contributed by atoms with Gasteiger partial charge >= 0.3 is 23.9 Å². The molecule has 11 atom stereocenters. The molecule has 0 aliphatic carbocycles. The van der Waals surface area contributed by atoms with Crippen molar-refractivity contribution in [1.29, 1.82) is 0 Å². The van der Waals surface area contributed by atoms with Gasteiger partial charge in [0, 0.05) is 40.4 Å². The summed E-state index contributed by atoms with van der Waals surface area (Å²) in [7, 11) is 1.33. The third-order valence-corrected chi connectivity index (χ3v) is 6.85. The molecule has 3 saturated heterocycles. The normalized spacial score (nSPS) is 35.6. The van der Waals surface area contributed by atoms with Crippen molar-refractivity contribution in [2.45, 2.75) is 95.4 Å². The van der Waals surface area contributed by atoms with Crippen LogP contribution in [0.4, 0.5) is 0 Å².